The molecule has 2 rings (SSSR count). The zero-order chi connectivity index (χ0) is 15.6. The van der Waals surface area contributed by atoms with Gasteiger partial charge in [-0.2, -0.15) is 0 Å². The number of nitrogens with one attached hydrogen (secondary N) is 2. The topological polar surface area (TPSA) is 53.1 Å². The van der Waals surface area contributed by atoms with Crippen LogP contribution < -0.4 is 10.6 Å². The van der Waals surface area contributed by atoms with E-state index in [2.05, 4.69) is 55.3 Å². The lowest BCUT2D eigenvalue weighted by atomic mass is 9.95. The van der Waals surface area contributed by atoms with Crippen molar-refractivity contribution in [1.29, 1.82) is 0 Å². The van der Waals surface area contributed by atoms with Gasteiger partial charge in [0.05, 0.1) is 0 Å². The van der Waals surface area contributed by atoms with Crippen LogP contribution >= 0.6 is 0 Å². The minimum atomic E-state index is -0.0550. The third kappa shape index (κ3) is 4.06. The van der Waals surface area contributed by atoms with E-state index in [1.807, 2.05) is 7.05 Å². The van der Waals surface area contributed by atoms with Gasteiger partial charge in [0.25, 0.3) is 0 Å². The Morgan fingerprint density at radius 3 is 2.33 bits per heavy atom. The van der Waals surface area contributed by atoms with Crippen molar-refractivity contribution in [1.82, 2.24) is 14.9 Å². The van der Waals surface area contributed by atoms with Crippen molar-refractivity contribution in [2.24, 2.45) is 0 Å². The third-order valence-electron chi connectivity index (χ3n) is 3.98. The summed E-state index contributed by atoms with van der Waals surface area (Å²) in [4.78, 5) is 11.8. The molecule has 0 atom stereocenters. The predicted molar refractivity (Wildman–Crippen MR) is 89.2 cm³/mol. The van der Waals surface area contributed by atoms with Crippen molar-refractivity contribution in [3.8, 4) is 0 Å². The summed E-state index contributed by atoms with van der Waals surface area (Å²) in [5.41, 5.74) is 1.03. The van der Waals surface area contributed by atoms with Crippen LogP contribution in [0.3, 0.4) is 0 Å². The highest BCUT2D eigenvalue weighted by Gasteiger charge is 2.25. The minimum absolute atomic E-state index is 0.0550. The lowest BCUT2D eigenvalue weighted by Gasteiger charge is -2.21. The molecule has 0 saturated heterocycles. The Labute approximate surface area is 128 Å². The summed E-state index contributed by atoms with van der Waals surface area (Å²) in [5.74, 6) is 2.73. The van der Waals surface area contributed by atoms with E-state index < -0.39 is 0 Å². The van der Waals surface area contributed by atoms with E-state index in [1.54, 1.807) is 0 Å². The molecule has 5 nitrogen and oxygen atoms in total. The number of likely N-dealkylation sites (N-methyl/N-ethyl adjacent to an activating group) is 1. The standard InChI is InChI=1S/C16H29N5/c1-11-13(17-5)19-15(16(2,3)4)20-14(11)18-9-10-21(6)12-7-8-12/h12H,7-10H2,1-6H3,(H2,17,18,19,20). The molecule has 1 heterocycles. The van der Waals surface area contributed by atoms with Crippen LogP contribution in [0.5, 0.6) is 0 Å². The lowest BCUT2D eigenvalue weighted by Crippen LogP contribution is -2.28. The summed E-state index contributed by atoms with van der Waals surface area (Å²) >= 11 is 0. The van der Waals surface area contributed by atoms with Gasteiger partial charge in [-0.25, -0.2) is 9.97 Å². The predicted octanol–water partition coefficient (Wildman–Crippen LogP) is 2.63. The SMILES string of the molecule is CNc1nc(C(C)(C)C)nc(NCCN(C)C2CC2)c1C. The molecule has 0 unspecified atom stereocenters. The average molecular weight is 291 g/mol. The Morgan fingerprint density at radius 1 is 1.19 bits per heavy atom. The maximum atomic E-state index is 4.73. The van der Waals surface area contributed by atoms with Crippen molar-refractivity contribution < 1.29 is 0 Å². The highest BCUT2D eigenvalue weighted by Crippen LogP contribution is 2.27. The zero-order valence-electron chi connectivity index (χ0n) is 14.2. The molecule has 1 aliphatic carbocycles. The molecular weight excluding hydrogens is 262 g/mol. The third-order valence-corrected chi connectivity index (χ3v) is 3.98. The van der Waals surface area contributed by atoms with Crippen molar-refractivity contribution in [3.05, 3.63) is 11.4 Å². The first kappa shape index (κ1) is 16.0. The number of anilines is 2. The van der Waals surface area contributed by atoms with E-state index in [0.29, 0.717) is 0 Å². The maximum absolute atomic E-state index is 4.73. The normalized spacial score (nSPS) is 15.4. The molecule has 118 valence electrons. The van der Waals surface area contributed by atoms with Crippen LogP contribution in [0.2, 0.25) is 0 Å². The molecule has 0 aromatic carbocycles. The fraction of sp³-hybridized carbons (Fsp3) is 0.750. The van der Waals surface area contributed by atoms with Gasteiger partial charge >= 0.3 is 0 Å². The molecule has 0 radical (unpaired) electrons. The van der Waals surface area contributed by atoms with Crippen molar-refractivity contribution in [2.75, 3.05) is 37.8 Å². The molecule has 0 amide bonds. The molecule has 5 heteroatoms. The summed E-state index contributed by atoms with van der Waals surface area (Å²) in [6.07, 6.45) is 2.70. The molecule has 1 fully saturated rings. The summed E-state index contributed by atoms with van der Waals surface area (Å²) in [7, 11) is 4.11. The second-order valence-electron chi connectivity index (χ2n) is 7.01. The van der Waals surface area contributed by atoms with Gasteiger partial charge in [-0.1, -0.05) is 20.8 Å². The highest BCUT2D eigenvalue weighted by molar-refractivity contribution is 5.57. The minimum Gasteiger partial charge on any atom is -0.373 e. The molecule has 0 aliphatic heterocycles. The number of aromatic nitrogens is 2. The quantitative estimate of drug-likeness (QED) is 0.844. The largest absolute Gasteiger partial charge is 0.373 e. The van der Waals surface area contributed by atoms with Crippen LogP contribution in [-0.2, 0) is 5.41 Å². The van der Waals surface area contributed by atoms with E-state index in [0.717, 1.165) is 42.2 Å². The van der Waals surface area contributed by atoms with Crippen LogP contribution in [-0.4, -0.2) is 48.1 Å². The molecule has 1 saturated carbocycles. The zero-order valence-corrected chi connectivity index (χ0v) is 14.2. The van der Waals surface area contributed by atoms with Gasteiger partial charge in [-0.15, -0.1) is 0 Å². The Balaban J connectivity index is 2.09. The van der Waals surface area contributed by atoms with Gasteiger partial charge in [-0.05, 0) is 26.8 Å². The maximum Gasteiger partial charge on any atom is 0.138 e. The Kier molecular flexibility index (Phi) is 4.71. The van der Waals surface area contributed by atoms with Gasteiger partial charge in [0, 0.05) is 37.2 Å². The Hall–Kier alpha value is -1.36. The first-order chi connectivity index (χ1) is 9.82. The fourth-order valence-corrected chi connectivity index (χ4v) is 2.32. The second-order valence-corrected chi connectivity index (χ2v) is 7.01. The molecular formula is C16H29N5. The number of rotatable bonds is 6. The molecule has 1 aromatic heterocycles. The van der Waals surface area contributed by atoms with Crippen LogP contribution in [0.25, 0.3) is 0 Å². The van der Waals surface area contributed by atoms with Crippen LogP contribution in [0.1, 0.15) is 45.0 Å². The molecule has 2 N–H and O–H groups in total. The summed E-state index contributed by atoms with van der Waals surface area (Å²) < 4.78 is 0. The van der Waals surface area contributed by atoms with Gasteiger partial charge in [0.1, 0.15) is 17.5 Å². The Bertz CT molecular complexity index is 488. The summed E-state index contributed by atoms with van der Waals surface area (Å²) in [5, 5.41) is 6.65. The van der Waals surface area contributed by atoms with Crippen molar-refractivity contribution >= 4 is 11.6 Å². The number of hydrogen-bond donors (Lipinski definition) is 2. The van der Waals surface area contributed by atoms with E-state index in [-0.39, 0.29) is 5.41 Å². The van der Waals surface area contributed by atoms with Gasteiger partial charge in [0.2, 0.25) is 0 Å². The monoisotopic (exact) mass is 291 g/mol. The van der Waals surface area contributed by atoms with Crippen LogP contribution in [0.4, 0.5) is 11.6 Å². The first-order valence-corrected chi connectivity index (χ1v) is 7.84. The molecule has 1 aliphatic rings. The smallest absolute Gasteiger partial charge is 0.138 e. The van der Waals surface area contributed by atoms with Gasteiger partial charge in [0.15, 0.2) is 0 Å². The molecule has 1 aromatic rings. The van der Waals surface area contributed by atoms with E-state index in [1.165, 1.54) is 12.8 Å². The van der Waals surface area contributed by atoms with Crippen molar-refractivity contribution in [2.45, 2.75) is 52.0 Å². The van der Waals surface area contributed by atoms with E-state index in [9.17, 15) is 0 Å². The summed E-state index contributed by atoms with van der Waals surface area (Å²) in [6.45, 7) is 10.4. The highest BCUT2D eigenvalue weighted by atomic mass is 15.2. The fourth-order valence-electron chi connectivity index (χ4n) is 2.32. The van der Waals surface area contributed by atoms with E-state index in [4.69, 9.17) is 4.98 Å². The Morgan fingerprint density at radius 2 is 1.81 bits per heavy atom. The van der Waals surface area contributed by atoms with E-state index >= 15 is 0 Å². The molecule has 0 spiro atoms. The number of nitrogens with zero attached hydrogens (tertiary/aromatic N) is 3. The van der Waals surface area contributed by atoms with Crippen molar-refractivity contribution in [3.63, 3.8) is 0 Å². The van der Waals surface area contributed by atoms with Crippen LogP contribution in [0.15, 0.2) is 0 Å². The second kappa shape index (κ2) is 6.18. The summed E-state index contributed by atoms with van der Waals surface area (Å²) in [6, 6.07) is 0.802. The first-order valence-electron chi connectivity index (χ1n) is 7.84. The molecule has 0 bridgehead atoms. The average Bonchev–Trinajstić information content (AvgIpc) is 3.23. The van der Waals surface area contributed by atoms with Crippen LogP contribution in [0, 0.1) is 6.92 Å². The van der Waals surface area contributed by atoms with Gasteiger partial charge in [-0.3, -0.25) is 0 Å². The van der Waals surface area contributed by atoms with Gasteiger partial charge < -0.3 is 15.5 Å². The lowest BCUT2D eigenvalue weighted by molar-refractivity contribution is 0.337. The molecule has 21 heavy (non-hydrogen) atoms. The number of hydrogen-bond acceptors (Lipinski definition) is 5.